The maximum absolute atomic E-state index is 12.8. The zero-order chi connectivity index (χ0) is 20.4. The zero-order valence-electron chi connectivity index (χ0n) is 17.6. The molecule has 6 heteroatoms. The summed E-state index contributed by atoms with van der Waals surface area (Å²) in [5.74, 6) is 2.07. The number of hydrogen-bond acceptors (Lipinski definition) is 5. The first-order valence-corrected chi connectivity index (χ1v) is 10.5. The van der Waals surface area contributed by atoms with E-state index in [-0.39, 0.29) is 5.91 Å². The Balaban J connectivity index is 1.33. The predicted octanol–water partition coefficient (Wildman–Crippen LogP) is 2.95. The van der Waals surface area contributed by atoms with Gasteiger partial charge in [-0.1, -0.05) is 17.7 Å². The number of fused-ring (bicyclic) bond motifs is 1. The fourth-order valence-corrected chi connectivity index (χ4v) is 4.16. The van der Waals surface area contributed by atoms with Crippen LogP contribution in [-0.2, 0) is 17.8 Å². The van der Waals surface area contributed by atoms with Crippen molar-refractivity contribution in [3.63, 3.8) is 0 Å². The van der Waals surface area contributed by atoms with E-state index in [0.717, 1.165) is 57.0 Å². The lowest BCUT2D eigenvalue weighted by atomic mass is 9.95. The van der Waals surface area contributed by atoms with E-state index in [9.17, 15) is 4.79 Å². The van der Waals surface area contributed by atoms with Crippen LogP contribution < -0.4 is 4.74 Å². The Morgan fingerprint density at radius 3 is 2.62 bits per heavy atom. The summed E-state index contributed by atoms with van der Waals surface area (Å²) in [6.07, 6.45) is 4.32. The van der Waals surface area contributed by atoms with Crippen LogP contribution in [0.5, 0.6) is 5.75 Å². The van der Waals surface area contributed by atoms with E-state index in [4.69, 9.17) is 9.72 Å². The third-order valence-corrected chi connectivity index (χ3v) is 6.00. The summed E-state index contributed by atoms with van der Waals surface area (Å²) in [5.41, 5.74) is 3.62. The van der Waals surface area contributed by atoms with Gasteiger partial charge in [-0.25, -0.2) is 9.97 Å². The van der Waals surface area contributed by atoms with E-state index in [1.807, 2.05) is 49.2 Å². The Morgan fingerprint density at radius 2 is 1.90 bits per heavy atom. The Labute approximate surface area is 172 Å². The zero-order valence-corrected chi connectivity index (χ0v) is 17.6. The van der Waals surface area contributed by atoms with Gasteiger partial charge >= 0.3 is 0 Å². The lowest BCUT2D eigenvalue weighted by Gasteiger charge is -2.33. The summed E-state index contributed by atoms with van der Waals surface area (Å²) in [7, 11) is 2.13. The van der Waals surface area contributed by atoms with Crippen LogP contribution in [0.2, 0.25) is 0 Å². The number of piperidine rings is 1. The van der Waals surface area contributed by atoms with Crippen molar-refractivity contribution in [3.05, 3.63) is 53.1 Å². The average Bonchev–Trinajstić information content (AvgIpc) is 2.74. The average molecular weight is 395 g/mol. The van der Waals surface area contributed by atoms with Gasteiger partial charge in [0.1, 0.15) is 11.6 Å². The second-order valence-corrected chi connectivity index (χ2v) is 8.36. The number of likely N-dealkylation sites (tertiary alicyclic amines) is 1. The molecule has 3 heterocycles. The van der Waals surface area contributed by atoms with Crippen molar-refractivity contribution in [2.24, 2.45) is 0 Å². The molecule has 1 unspecified atom stereocenters. The first kappa shape index (κ1) is 19.8. The normalized spacial score (nSPS) is 18.9. The number of benzene rings is 1. The van der Waals surface area contributed by atoms with E-state index < -0.39 is 6.10 Å². The number of hydrogen-bond donors (Lipinski definition) is 0. The number of likely N-dealkylation sites (N-methyl/N-ethyl adjacent to an activating group) is 1. The molecule has 1 aromatic heterocycles. The highest BCUT2D eigenvalue weighted by molar-refractivity contribution is 5.81. The van der Waals surface area contributed by atoms with Crippen LogP contribution in [0.25, 0.3) is 0 Å². The Bertz CT molecular complexity index is 860. The summed E-state index contributed by atoms with van der Waals surface area (Å²) in [5, 5.41) is 0. The molecule has 1 atom stereocenters. The van der Waals surface area contributed by atoms with Crippen molar-refractivity contribution in [3.8, 4) is 5.75 Å². The van der Waals surface area contributed by atoms with Crippen LogP contribution in [0.1, 0.15) is 48.3 Å². The summed E-state index contributed by atoms with van der Waals surface area (Å²) in [4.78, 5) is 26.5. The standard InChI is InChI=1S/C23H30N4O2/c1-16-4-6-20(7-5-16)29-17(2)23(28)27-12-8-18(9-13-27)22-24-14-19-15-26(3)11-10-21(19)25-22/h4-7,14,17-18H,8-13,15H2,1-3H3. The SMILES string of the molecule is Cc1ccc(OC(C)C(=O)N2CCC(c3ncc4c(n3)CCN(C)C4)CC2)cc1. The van der Waals surface area contributed by atoms with E-state index in [2.05, 4.69) is 16.9 Å². The van der Waals surface area contributed by atoms with Gasteiger partial charge in [0.05, 0.1) is 0 Å². The molecule has 2 aliphatic rings. The highest BCUT2D eigenvalue weighted by Crippen LogP contribution is 2.27. The molecule has 2 aliphatic heterocycles. The molecule has 6 nitrogen and oxygen atoms in total. The van der Waals surface area contributed by atoms with Gasteiger partial charge in [0.25, 0.3) is 5.91 Å². The second kappa shape index (κ2) is 8.49. The van der Waals surface area contributed by atoms with Gasteiger partial charge in [-0.2, -0.15) is 0 Å². The Morgan fingerprint density at radius 1 is 1.17 bits per heavy atom. The summed E-state index contributed by atoms with van der Waals surface area (Å²) in [6, 6.07) is 7.82. The molecular weight excluding hydrogens is 364 g/mol. The molecule has 2 aromatic rings. The van der Waals surface area contributed by atoms with E-state index in [0.29, 0.717) is 5.92 Å². The molecule has 1 aromatic carbocycles. The summed E-state index contributed by atoms with van der Waals surface area (Å²) < 4.78 is 5.85. The van der Waals surface area contributed by atoms with Crippen LogP contribution in [0, 0.1) is 6.92 Å². The molecule has 29 heavy (non-hydrogen) atoms. The molecule has 154 valence electrons. The molecule has 0 radical (unpaired) electrons. The number of aromatic nitrogens is 2. The summed E-state index contributed by atoms with van der Waals surface area (Å²) in [6.45, 7) is 7.31. The molecule has 0 saturated carbocycles. The van der Waals surface area contributed by atoms with Crippen LogP contribution in [0.3, 0.4) is 0 Å². The van der Waals surface area contributed by atoms with Gasteiger partial charge in [-0.15, -0.1) is 0 Å². The van der Waals surface area contributed by atoms with Crippen molar-refractivity contribution < 1.29 is 9.53 Å². The Kier molecular flexibility index (Phi) is 5.81. The molecule has 0 bridgehead atoms. The number of rotatable bonds is 4. The van der Waals surface area contributed by atoms with Crippen LogP contribution in [0.4, 0.5) is 0 Å². The topological polar surface area (TPSA) is 58.6 Å². The van der Waals surface area contributed by atoms with Gasteiger partial charge in [0, 0.05) is 56.0 Å². The molecule has 1 amide bonds. The maximum Gasteiger partial charge on any atom is 0.263 e. The fraction of sp³-hybridized carbons (Fsp3) is 0.522. The van der Waals surface area contributed by atoms with Crippen molar-refractivity contribution in [2.75, 3.05) is 26.7 Å². The summed E-state index contributed by atoms with van der Waals surface area (Å²) >= 11 is 0. The van der Waals surface area contributed by atoms with Crippen LogP contribution in [-0.4, -0.2) is 58.5 Å². The number of aryl methyl sites for hydroxylation is 1. The number of carbonyl (C=O) groups excluding carboxylic acids is 1. The minimum atomic E-state index is -0.480. The van der Waals surface area contributed by atoms with Crippen molar-refractivity contribution >= 4 is 5.91 Å². The monoisotopic (exact) mass is 394 g/mol. The quantitative estimate of drug-likeness (QED) is 0.798. The predicted molar refractivity (Wildman–Crippen MR) is 112 cm³/mol. The lowest BCUT2D eigenvalue weighted by Crippen LogP contribution is -2.44. The van der Waals surface area contributed by atoms with E-state index >= 15 is 0 Å². The first-order chi connectivity index (χ1) is 14.0. The van der Waals surface area contributed by atoms with Crippen LogP contribution in [0.15, 0.2) is 30.5 Å². The van der Waals surface area contributed by atoms with E-state index in [1.54, 1.807) is 0 Å². The van der Waals surface area contributed by atoms with Gasteiger partial charge in [0.15, 0.2) is 6.10 Å². The largest absolute Gasteiger partial charge is 0.481 e. The second-order valence-electron chi connectivity index (χ2n) is 8.36. The molecule has 4 rings (SSSR count). The van der Waals surface area contributed by atoms with Crippen molar-refractivity contribution in [2.45, 2.75) is 51.7 Å². The fourth-order valence-electron chi connectivity index (χ4n) is 4.16. The molecule has 0 N–H and O–H groups in total. The molecule has 0 spiro atoms. The van der Waals surface area contributed by atoms with Gasteiger partial charge in [-0.3, -0.25) is 4.79 Å². The van der Waals surface area contributed by atoms with Crippen LogP contribution >= 0.6 is 0 Å². The maximum atomic E-state index is 12.8. The van der Waals surface area contributed by atoms with Gasteiger partial charge < -0.3 is 14.5 Å². The number of ether oxygens (including phenoxy) is 1. The Hall–Kier alpha value is -2.47. The minimum Gasteiger partial charge on any atom is -0.481 e. The van der Waals surface area contributed by atoms with E-state index in [1.165, 1.54) is 16.8 Å². The third kappa shape index (κ3) is 4.58. The molecule has 1 saturated heterocycles. The van der Waals surface area contributed by atoms with Gasteiger partial charge in [-0.05, 0) is 45.9 Å². The lowest BCUT2D eigenvalue weighted by molar-refractivity contribution is -0.139. The smallest absolute Gasteiger partial charge is 0.263 e. The number of nitrogens with zero attached hydrogens (tertiary/aromatic N) is 4. The molecular formula is C23H30N4O2. The number of carbonyl (C=O) groups is 1. The molecule has 0 aliphatic carbocycles. The van der Waals surface area contributed by atoms with Crippen molar-refractivity contribution in [1.29, 1.82) is 0 Å². The minimum absolute atomic E-state index is 0.0541. The van der Waals surface area contributed by atoms with Crippen molar-refractivity contribution in [1.82, 2.24) is 19.8 Å². The highest BCUT2D eigenvalue weighted by atomic mass is 16.5. The highest BCUT2D eigenvalue weighted by Gasteiger charge is 2.29. The molecule has 1 fully saturated rings. The first-order valence-electron chi connectivity index (χ1n) is 10.5. The number of amides is 1. The van der Waals surface area contributed by atoms with Gasteiger partial charge in [0.2, 0.25) is 0 Å². The third-order valence-electron chi connectivity index (χ3n) is 6.00.